The summed E-state index contributed by atoms with van der Waals surface area (Å²) in [6.07, 6.45) is 2.54. The quantitative estimate of drug-likeness (QED) is 0.251. The van der Waals surface area contributed by atoms with E-state index in [1.165, 1.54) is 4.90 Å². The van der Waals surface area contributed by atoms with Gasteiger partial charge in [-0.2, -0.15) is 4.37 Å². The maximum Gasteiger partial charge on any atom is 0.273 e. The summed E-state index contributed by atoms with van der Waals surface area (Å²) in [5.41, 5.74) is 15.1. The highest BCUT2D eigenvalue weighted by Gasteiger charge is 2.37. The van der Waals surface area contributed by atoms with Crippen molar-refractivity contribution in [1.29, 1.82) is 0 Å². The van der Waals surface area contributed by atoms with E-state index >= 15 is 0 Å². The lowest BCUT2D eigenvalue weighted by molar-refractivity contribution is -0.122. The zero-order chi connectivity index (χ0) is 27.6. The molecule has 0 spiro atoms. The first-order chi connectivity index (χ1) is 18.1. The van der Waals surface area contributed by atoms with Gasteiger partial charge in [0.25, 0.3) is 11.8 Å². The number of aromatic nitrogens is 2. The summed E-state index contributed by atoms with van der Waals surface area (Å²) in [6, 6.07) is 12.3. The van der Waals surface area contributed by atoms with Crippen LogP contribution in [0.3, 0.4) is 0 Å². The van der Waals surface area contributed by atoms with E-state index in [9.17, 15) is 14.4 Å². The number of nitrogens with zero attached hydrogens (tertiary/aromatic N) is 2. The number of primary amides is 1. The number of anilines is 2. The summed E-state index contributed by atoms with van der Waals surface area (Å²) >= 11 is 0.791. The number of amides is 3. The van der Waals surface area contributed by atoms with Crippen LogP contribution < -0.4 is 21.7 Å². The highest BCUT2D eigenvalue weighted by atomic mass is 32.1. The van der Waals surface area contributed by atoms with Crippen LogP contribution in [0.2, 0.25) is 0 Å². The molecule has 0 aliphatic heterocycles. The predicted octanol–water partition coefficient (Wildman–Crippen LogP) is 4.47. The molecule has 0 aliphatic carbocycles. The van der Waals surface area contributed by atoms with E-state index in [1.54, 1.807) is 6.20 Å². The number of fused-ring (bicyclic) bond motifs is 1. The maximum atomic E-state index is 14.3. The van der Waals surface area contributed by atoms with Crippen molar-refractivity contribution in [3.8, 4) is 0 Å². The summed E-state index contributed by atoms with van der Waals surface area (Å²) in [5, 5.41) is 3.85. The summed E-state index contributed by atoms with van der Waals surface area (Å²) in [4.78, 5) is 44.8. The first-order valence-corrected chi connectivity index (χ1v) is 13.2. The number of nitrogens with one attached hydrogen (secondary N) is 2. The Morgan fingerprint density at radius 1 is 1.13 bits per heavy atom. The Hall–Kier alpha value is -4.18. The molecule has 6 N–H and O–H groups in total. The summed E-state index contributed by atoms with van der Waals surface area (Å²) < 4.78 is 4.03. The molecule has 198 valence electrons. The van der Waals surface area contributed by atoms with Crippen molar-refractivity contribution >= 4 is 51.5 Å². The molecule has 0 aliphatic rings. The predicted molar refractivity (Wildman–Crippen MR) is 151 cm³/mol. The number of hydrogen-bond acceptors (Lipinski definition) is 6. The number of carbonyl (C=O) groups is 3. The van der Waals surface area contributed by atoms with Crippen LogP contribution in [-0.2, 0) is 4.79 Å². The SMILES string of the molecule is Cc1ccc(C)c(N(C(=O)c2snc(C(N)=O)c2N)[C@@H](C(=O)NCCC(C)C)c2c[nH]c3ccccc23)c1. The molecule has 0 radical (unpaired) electrons. The molecule has 0 saturated carbocycles. The molecule has 2 aromatic carbocycles. The average Bonchev–Trinajstić information content (AvgIpc) is 3.47. The van der Waals surface area contributed by atoms with E-state index in [4.69, 9.17) is 11.5 Å². The van der Waals surface area contributed by atoms with Gasteiger partial charge in [-0.15, -0.1) is 0 Å². The number of hydrogen-bond donors (Lipinski definition) is 4. The Labute approximate surface area is 225 Å². The smallest absolute Gasteiger partial charge is 0.273 e. The van der Waals surface area contributed by atoms with Gasteiger partial charge in [-0.1, -0.05) is 44.2 Å². The number of aromatic amines is 1. The zero-order valence-electron chi connectivity index (χ0n) is 21.9. The number of H-pyrrole nitrogens is 1. The van der Waals surface area contributed by atoms with Crippen LogP contribution in [0, 0.1) is 19.8 Å². The Morgan fingerprint density at radius 3 is 2.55 bits per heavy atom. The van der Waals surface area contributed by atoms with Gasteiger partial charge in [0.05, 0.1) is 5.69 Å². The molecule has 10 heteroatoms. The van der Waals surface area contributed by atoms with E-state index < -0.39 is 17.9 Å². The third-order valence-corrected chi connectivity index (χ3v) is 7.29. The van der Waals surface area contributed by atoms with Gasteiger partial charge in [-0.25, -0.2) is 0 Å². The number of carbonyl (C=O) groups excluding carboxylic acids is 3. The second-order valence-corrected chi connectivity index (χ2v) is 10.5. The number of para-hydroxylation sites is 1. The fourth-order valence-electron chi connectivity index (χ4n) is 4.38. The Balaban J connectivity index is 1.94. The molecule has 0 fully saturated rings. The summed E-state index contributed by atoms with van der Waals surface area (Å²) in [7, 11) is 0. The fourth-order valence-corrected chi connectivity index (χ4v) is 5.12. The van der Waals surface area contributed by atoms with Crippen molar-refractivity contribution < 1.29 is 14.4 Å². The van der Waals surface area contributed by atoms with Crippen molar-refractivity contribution in [2.24, 2.45) is 11.7 Å². The molecule has 2 heterocycles. The number of nitrogens with two attached hydrogens (primary N) is 2. The fraction of sp³-hybridized carbons (Fsp3) is 0.286. The van der Waals surface area contributed by atoms with Crippen LogP contribution in [-0.4, -0.2) is 33.6 Å². The standard InChI is InChI=1S/C28H32N6O3S/c1-15(2)11-12-31-27(36)24(19-14-32-20-8-6-5-7-18(19)20)34(21-13-16(3)9-10-17(21)4)28(37)25-22(29)23(26(30)35)33-38-25/h5-10,13-15,24,32H,11-12,29H2,1-4H3,(H2,30,35)(H,31,36)/t24-/m1/s1. The van der Waals surface area contributed by atoms with Gasteiger partial charge in [-0.05, 0) is 61.0 Å². The van der Waals surface area contributed by atoms with Gasteiger partial charge >= 0.3 is 0 Å². The van der Waals surface area contributed by atoms with E-state index in [2.05, 4.69) is 28.5 Å². The van der Waals surface area contributed by atoms with Gasteiger partial charge < -0.3 is 21.8 Å². The lowest BCUT2D eigenvalue weighted by atomic mass is 9.99. The van der Waals surface area contributed by atoms with Crippen molar-refractivity contribution in [3.05, 3.63) is 75.9 Å². The number of rotatable bonds is 9. The molecule has 38 heavy (non-hydrogen) atoms. The van der Waals surface area contributed by atoms with E-state index in [1.807, 2.05) is 56.3 Å². The topological polar surface area (TPSA) is 147 Å². The normalized spacial score (nSPS) is 12.0. The van der Waals surface area contributed by atoms with Crippen LogP contribution >= 0.6 is 11.5 Å². The minimum atomic E-state index is -1.04. The first-order valence-electron chi connectivity index (χ1n) is 12.4. The van der Waals surface area contributed by atoms with Gasteiger partial charge in [0.15, 0.2) is 5.69 Å². The Morgan fingerprint density at radius 2 is 1.87 bits per heavy atom. The molecule has 1 atom stereocenters. The van der Waals surface area contributed by atoms with E-state index in [-0.39, 0.29) is 22.2 Å². The minimum absolute atomic E-state index is 0.0412. The summed E-state index contributed by atoms with van der Waals surface area (Å²) in [6.45, 7) is 8.42. The molecular weight excluding hydrogens is 500 g/mol. The lowest BCUT2D eigenvalue weighted by Crippen LogP contribution is -2.44. The zero-order valence-corrected chi connectivity index (χ0v) is 22.7. The highest BCUT2D eigenvalue weighted by Crippen LogP contribution is 2.37. The third kappa shape index (κ3) is 5.26. The van der Waals surface area contributed by atoms with Crippen molar-refractivity contribution in [2.45, 2.75) is 40.2 Å². The van der Waals surface area contributed by atoms with Crippen molar-refractivity contribution in [2.75, 3.05) is 17.2 Å². The second kappa shape index (κ2) is 11.1. The highest BCUT2D eigenvalue weighted by molar-refractivity contribution is 7.09. The summed E-state index contributed by atoms with van der Waals surface area (Å²) in [5.74, 6) is -1.31. The second-order valence-electron chi connectivity index (χ2n) is 9.77. The molecule has 0 bridgehead atoms. The van der Waals surface area contributed by atoms with Crippen molar-refractivity contribution in [1.82, 2.24) is 14.7 Å². The van der Waals surface area contributed by atoms with Crippen LogP contribution in [0.5, 0.6) is 0 Å². The molecule has 0 unspecified atom stereocenters. The molecule has 4 rings (SSSR count). The van der Waals surface area contributed by atoms with Gasteiger partial charge in [0, 0.05) is 34.9 Å². The lowest BCUT2D eigenvalue weighted by Gasteiger charge is -2.32. The molecule has 3 amide bonds. The molecule has 2 aromatic heterocycles. The number of aryl methyl sites for hydroxylation is 2. The molecule has 0 saturated heterocycles. The molecule has 9 nitrogen and oxygen atoms in total. The molecular formula is C28H32N6O3S. The first kappa shape index (κ1) is 26.9. The number of benzene rings is 2. The van der Waals surface area contributed by atoms with Crippen LogP contribution in [0.15, 0.2) is 48.7 Å². The van der Waals surface area contributed by atoms with Gasteiger partial charge in [-0.3, -0.25) is 19.3 Å². The molecule has 4 aromatic rings. The largest absolute Gasteiger partial charge is 0.395 e. The number of nitrogen functional groups attached to an aromatic ring is 1. The maximum absolute atomic E-state index is 14.3. The Bertz CT molecular complexity index is 1510. The van der Waals surface area contributed by atoms with E-state index in [0.717, 1.165) is 40.0 Å². The van der Waals surface area contributed by atoms with Crippen LogP contribution in [0.4, 0.5) is 11.4 Å². The van der Waals surface area contributed by atoms with Crippen molar-refractivity contribution in [3.63, 3.8) is 0 Å². The van der Waals surface area contributed by atoms with E-state index in [0.29, 0.717) is 23.7 Å². The van der Waals surface area contributed by atoms with Crippen LogP contribution in [0.1, 0.15) is 63.2 Å². The Kier molecular flexibility index (Phi) is 7.82. The minimum Gasteiger partial charge on any atom is -0.395 e. The average molecular weight is 533 g/mol. The van der Waals surface area contributed by atoms with Crippen LogP contribution in [0.25, 0.3) is 10.9 Å². The monoisotopic (exact) mass is 532 g/mol. The van der Waals surface area contributed by atoms with Gasteiger partial charge in [0.1, 0.15) is 10.9 Å². The van der Waals surface area contributed by atoms with Gasteiger partial charge in [0.2, 0.25) is 5.91 Å². The third-order valence-electron chi connectivity index (χ3n) is 6.44.